The minimum absolute atomic E-state index is 0.0491. The molecule has 3 N–H and O–H groups in total. The van der Waals surface area contributed by atoms with Gasteiger partial charge in [-0.05, 0) is 53.4 Å². The topological polar surface area (TPSA) is 95.1 Å². The molecule has 2 fully saturated rings. The standard InChI is InChI=1S/C19H35N5O3/c1-5-20-17(21-11-6-7-16(25)22-14-8-9-14)24-12-10-15(13-24)23-18(26)27-19(2,3)4/h14-15H,5-13H2,1-4H3,(H,20,21)(H,22,25)(H,23,26). The number of rotatable bonds is 7. The van der Waals surface area contributed by atoms with Gasteiger partial charge in [0.2, 0.25) is 5.91 Å². The summed E-state index contributed by atoms with van der Waals surface area (Å²) in [4.78, 5) is 30.5. The van der Waals surface area contributed by atoms with Gasteiger partial charge in [0, 0.05) is 38.6 Å². The number of nitrogens with zero attached hydrogens (tertiary/aromatic N) is 2. The summed E-state index contributed by atoms with van der Waals surface area (Å²) in [5, 5.41) is 9.23. The van der Waals surface area contributed by atoms with Crippen LogP contribution in [0.2, 0.25) is 0 Å². The summed E-state index contributed by atoms with van der Waals surface area (Å²) < 4.78 is 5.32. The van der Waals surface area contributed by atoms with Crippen molar-refractivity contribution in [3.63, 3.8) is 0 Å². The van der Waals surface area contributed by atoms with E-state index >= 15 is 0 Å². The van der Waals surface area contributed by atoms with Crippen molar-refractivity contribution in [2.45, 2.75) is 77.5 Å². The number of aliphatic imine (C=N–C) groups is 1. The highest BCUT2D eigenvalue weighted by molar-refractivity contribution is 5.80. The van der Waals surface area contributed by atoms with Crippen molar-refractivity contribution in [2.24, 2.45) is 4.99 Å². The van der Waals surface area contributed by atoms with E-state index in [2.05, 4.69) is 25.8 Å². The lowest BCUT2D eigenvalue weighted by atomic mass is 10.2. The van der Waals surface area contributed by atoms with E-state index in [1.165, 1.54) is 0 Å². The Bertz CT molecular complexity index is 540. The number of nitrogens with one attached hydrogen (secondary N) is 3. The predicted octanol–water partition coefficient (Wildman–Crippen LogP) is 1.61. The molecule has 27 heavy (non-hydrogen) atoms. The molecule has 1 heterocycles. The minimum Gasteiger partial charge on any atom is -0.444 e. The van der Waals surface area contributed by atoms with Crippen molar-refractivity contribution >= 4 is 18.0 Å². The van der Waals surface area contributed by atoms with E-state index in [1.807, 2.05) is 27.7 Å². The Hall–Kier alpha value is -1.99. The SMILES string of the molecule is CCNC(=NCCCC(=O)NC1CC1)N1CCC(NC(=O)OC(C)(C)C)C1. The Morgan fingerprint density at radius 2 is 1.89 bits per heavy atom. The molecule has 1 atom stereocenters. The second kappa shape index (κ2) is 9.80. The number of ether oxygens (including phenoxy) is 1. The summed E-state index contributed by atoms with van der Waals surface area (Å²) >= 11 is 0. The molecular weight excluding hydrogens is 346 g/mol. The van der Waals surface area contributed by atoms with Gasteiger partial charge in [-0.1, -0.05) is 0 Å². The van der Waals surface area contributed by atoms with Crippen LogP contribution >= 0.6 is 0 Å². The van der Waals surface area contributed by atoms with E-state index in [4.69, 9.17) is 4.74 Å². The first-order valence-electron chi connectivity index (χ1n) is 10.1. The van der Waals surface area contributed by atoms with E-state index in [0.29, 0.717) is 25.6 Å². The van der Waals surface area contributed by atoms with E-state index in [0.717, 1.165) is 44.7 Å². The zero-order chi connectivity index (χ0) is 19.9. The molecule has 0 spiro atoms. The van der Waals surface area contributed by atoms with Crippen molar-refractivity contribution in [1.82, 2.24) is 20.9 Å². The van der Waals surface area contributed by atoms with Crippen molar-refractivity contribution in [3.05, 3.63) is 0 Å². The number of likely N-dealkylation sites (tertiary alicyclic amines) is 1. The van der Waals surface area contributed by atoms with Crippen LogP contribution in [0.1, 0.15) is 59.8 Å². The highest BCUT2D eigenvalue weighted by Gasteiger charge is 2.28. The molecule has 8 heteroatoms. The third-order valence-corrected chi connectivity index (χ3v) is 4.31. The molecule has 2 amide bonds. The summed E-state index contributed by atoms with van der Waals surface area (Å²) in [5.41, 5.74) is -0.495. The smallest absolute Gasteiger partial charge is 0.407 e. The quantitative estimate of drug-likeness (QED) is 0.354. The van der Waals surface area contributed by atoms with Gasteiger partial charge in [0.15, 0.2) is 5.96 Å². The Balaban J connectivity index is 1.74. The summed E-state index contributed by atoms with van der Waals surface area (Å²) in [7, 11) is 0. The summed E-state index contributed by atoms with van der Waals surface area (Å²) in [5.74, 6) is 0.967. The summed E-state index contributed by atoms with van der Waals surface area (Å²) in [6.45, 7) is 10.5. The molecule has 1 unspecified atom stereocenters. The number of carbonyl (C=O) groups is 2. The van der Waals surface area contributed by atoms with Gasteiger partial charge in [0.1, 0.15) is 5.60 Å². The van der Waals surface area contributed by atoms with Crippen LogP contribution in [0.5, 0.6) is 0 Å². The average Bonchev–Trinajstić information content (AvgIpc) is 3.24. The number of alkyl carbamates (subject to hydrolysis) is 1. The lowest BCUT2D eigenvalue weighted by molar-refractivity contribution is -0.121. The van der Waals surface area contributed by atoms with E-state index < -0.39 is 5.60 Å². The molecule has 0 aromatic rings. The highest BCUT2D eigenvalue weighted by atomic mass is 16.6. The van der Waals surface area contributed by atoms with Gasteiger partial charge in [-0.15, -0.1) is 0 Å². The molecule has 1 aliphatic heterocycles. The van der Waals surface area contributed by atoms with Crippen LogP contribution in [0.15, 0.2) is 4.99 Å². The van der Waals surface area contributed by atoms with Crippen molar-refractivity contribution in [1.29, 1.82) is 0 Å². The average molecular weight is 382 g/mol. The summed E-state index contributed by atoms with van der Waals surface area (Å²) in [6, 6.07) is 0.463. The third kappa shape index (κ3) is 8.49. The van der Waals surface area contributed by atoms with Gasteiger partial charge in [0.05, 0.1) is 6.04 Å². The fraction of sp³-hybridized carbons (Fsp3) is 0.842. The fourth-order valence-electron chi connectivity index (χ4n) is 2.92. The van der Waals surface area contributed by atoms with Crippen molar-refractivity contribution in [2.75, 3.05) is 26.2 Å². The van der Waals surface area contributed by atoms with Gasteiger partial charge in [-0.2, -0.15) is 0 Å². The zero-order valence-corrected chi connectivity index (χ0v) is 17.1. The number of carbonyl (C=O) groups excluding carboxylic acids is 2. The van der Waals surface area contributed by atoms with E-state index in [-0.39, 0.29) is 18.0 Å². The largest absolute Gasteiger partial charge is 0.444 e. The van der Waals surface area contributed by atoms with Gasteiger partial charge in [0.25, 0.3) is 0 Å². The maximum absolute atomic E-state index is 11.9. The molecule has 1 saturated heterocycles. The molecule has 0 radical (unpaired) electrons. The Morgan fingerprint density at radius 3 is 2.52 bits per heavy atom. The minimum atomic E-state index is -0.495. The van der Waals surface area contributed by atoms with Gasteiger partial charge in [-0.25, -0.2) is 4.79 Å². The second-order valence-electron chi connectivity index (χ2n) is 8.26. The molecule has 2 aliphatic rings. The molecule has 8 nitrogen and oxygen atoms in total. The molecule has 1 saturated carbocycles. The van der Waals surface area contributed by atoms with Gasteiger partial charge >= 0.3 is 6.09 Å². The predicted molar refractivity (Wildman–Crippen MR) is 106 cm³/mol. The Morgan fingerprint density at radius 1 is 1.15 bits per heavy atom. The van der Waals surface area contributed by atoms with Gasteiger partial charge < -0.3 is 25.6 Å². The molecule has 0 aromatic heterocycles. The lowest BCUT2D eigenvalue weighted by Crippen LogP contribution is -2.44. The summed E-state index contributed by atoms with van der Waals surface area (Å²) in [6.07, 6.45) is 3.96. The maximum Gasteiger partial charge on any atom is 0.407 e. The first kappa shape index (κ1) is 21.3. The second-order valence-corrected chi connectivity index (χ2v) is 8.26. The van der Waals surface area contributed by atoms with Crippen molar-refractivity contribution in [3.8, 4) is 0 Å². The molecule has 1 aliphatic carbocycles. The zero-order valence-electron chi connectivity index (χ0n) is 17.1. The lowest BCUT2D eigenvalue weighted by Gasteiger charge is -2.23. The molecule has 0 bridgehead atoms. The first-order chi connectivity index (χ1) is 12.8. The number of hydrogen-bond donors (Lipinski definition) is 3. The third-order valence-electron chi connectivity index (χ3n) is 4.31. The number of hydrogen-bond acceptors (Lipinski definition) is 4. The van der Waals surface area contributed by atoms with Crippen LogP contribution < -0.4 is 16.0 Å². The molecule has 0 aromatic carbocycles. The Labute approximate surface area is 162 Å². The van der Waals surface area contributed by atoms with Gasteiger partial charge in [-0.3, -0.25) is 9.79 Å². The molecule has 154 valence electrons. The van der Waals surface area contributed by atoms with Crippen LogP contribution in [-0.4, -0.2) is 66.7 Å². The molecular formula is C19H35N5O3. The van der Waals surface area contributed by atoms with Crippen LogP contribution in [0.25, 0.3) is 0 Å². The van der Waals surface area contributed by atoms with E-state index in [9.17, 15) is 9.59 Å². The first-order valence-corrected chi connectivity index (χ1v) is 10.1. The van der Waals surface area contributed by atoms with Crippen LogP contribution in [0, 0.1) is 0 Å². The maximum atomic E-state index is 11.9. The van der Waals surface area contributed by atoms with Crippen LogP contribution in [0.4, 0.5) is 4.79 Å². The number of amides is 2. The van der Waals surface area contributed by atoms with E-state index in [1.54, 1.807) is 0 Å². The van der Waals surface area contributed by atoms with Crippen LogP contribution in [-0.2, 0) is 9.53 Å². The fourth-order valence-corrected chi connectivity index (χ4v) is 2.92. The normalized spacial score (nSPS) is 20.4. The van der Waals surface area contributed by atoms with Crippen LogP contribution in [0.3, 0.4) is 0 Å². The molecule has 2 rings (SSSR count). The van der Waals surface area contributed by atoms with Crippen molar-refractivity contribution < 1.29 is 14.3 Å². The monoisotopic (exact) mass is 381 g/mol. The Kier molecular flexibility index (Phi) is 7.74. The number of guanidine groups is 1. The highest BCUT2D eigenvalue weighted by Crippen LogP contribution is 2.18.